The Morgan fingerprint density at radius 1 is 1.04 bits per heavy atom. The number of rotatable bonds is 6. The van der Waals surface area contributed by atoms with Crippen LogP contribution in [-0.2, 0) is 13.0 Å². The summed E-state index contributed by atoms with van der Waals surface area (Å²) in [5.74, 6) is 1.37. The summed E-state index contributed by atoms with van der Waals surface area (Å²) in [4.78, 5) is 13.1. The van der Waals surface area contributed by atoms with E-state index in [1.165, 1.54) is 0 Å². The van der Waals surface area contributed by atoms with E-state index in [2.05, 4.69) is 5.32 Å². The number of hydrogen-bond donors (Lipinski definition) is 1. The summed E-state index contributed by atoms with van der Waals surface area (Å²) < 4.78 is 11.8. The van der Waals surface area contributed by atoms with Crippen LogP contribution in [0.25, 0.3) is 22.3 Å². The normalized spacial score (nSPS) is 11.0. The smallest absolute Gasteiger partial charge is 0.196 e. The fourth-order valence-corrected chi connectivity index (χ4v) is 3.09. The quantitative estimate of drug-likeness (QED) is 0.734. The lowest BCUT2D eigenvalue weighted by Crippen LogP contribution is -2.15. The van der Waals surface area contributed by atoms with Crippen molar-refractivity contribution < 1.29 is 9.15 Å². The summed E-state index contributed by atoms with van der Waals surface area (Å²) in [5.41, 5.74) is 3.12. The molecule has 2 aromatic carbocycles. The van der Waals surface area contributed by atoms with Gasteiger partial charge in [0, 0.05) is 17.7 Å². The van der Waals surface area contributed by atoms with Crippen molar-refractivity contribution in [1.29, 1.82) is 0 Å². The average Bonchev–Trinajstić information content (AvgIpc) is 2.66. The molecule has 25 heavy (non-hydrogen) atoms. The number of methoxy groups -OCH3 is 1. The van der Waals surface area contributed by atoms with E-state index in [1.807, 2.05) is 50.2 Å². The number of fused-ring (bicyclic) bond motifs is 1. The molecule has 0 saturated carbocycles. The van der Waals surface area contributed by atoms with Crippen LogP contribution in [0.2, 0.25) is 0 Å². The number of ether oxygens (including phenoxy) is 1. The highest BCUT2D eigenvalue weighted by atomic mass is 16.5. The maximum absolute atomic E-state index is 13.1. The van der Waals surface area contributed by atoms with Crippen LogP contribution in [0.3, 0.4) is 0 Å². The minimum atomic E-state index is 0.0306. The monoisotopic (exact) mass is 337 g/mol. The summed E-state index contributed by atoms with van der Waals surface area (Å²) in [5, 5.41) is 3.90. The van der Waals surface area contributed by atoms with Crippen LogP contribution >= 0.6 is 0 Å². The van der Waals surface area contributed by atoms with E-state index in [0.717, 1.165) is 23.4 Å². The zero-order valence-corrected chi connectivity index (χ0v) is 14.9. The topological polar surface area (TPSA) is 51.5 Å². The molecular formula is C21H23NO3. The lowest BCUT2D eigenvalue weighted by molar-refractivity contribution is 0.407. The molecule has 1 N–H and O–H groups in total. The highest BCUT2D eigenvalue weighted by molar-refractivity contribution is 5.85. The van der Waals surface area contributed by atoms with Crippen LogP contribution in [0.15, 0.2) is 51.7 Å². The molecule has 0 amide bonds. The fourth-order valence-electron chi connectivity index (χ4n) is 3.09. The van der Waals surface area contributed by atoms with E-state index in [1.54, 1.807) is 13.2 Å². The first kappa shape index (κ1) is 17.2. The Bertz CT molecular complexity index is 929. The van der Waals surface area contributed by atoms with Gasteiger partial charge in [-0.05, 0) is 25.1 Å². The van der Waals surface area contributed by atoms with Crippen LogP contribution in [0.1, 0.15) is 25.0 Å². The molecule has 0 fully saturated rings. The first-order valence-corrected chi connectivity index (χ1v) is 8.62. The molecule has 4 heteroatoms. The largest absolute Gasteiger partial charge is 0.496 e. The van der Waals surface area contributed by atoms with E-state index in [0.29, 0.717) is 35.3 Å². The number of hydrogen-bond acceptors (Lipinski definition) is 4. The van der Waals surface area contributed by atoms with Gasteiger partial charge in [-0.1, -0.05) is 44.2 Å². The van der Waals surface area contributed by atoms with Gasteiger partial charge in [0.05, 0.1) is 18.1 Å². The standard InChI is InChI=1S/C21H23NO3/c1-4-15-19(23)16-11-12-18(24-3)17(13-22-5-2)21(16)25-20(15)14-9-7-6-8-10-14/h6-12,22H,4-5,13H2,1-3H3. The van der Waals surface area contributed by atoms with Crippen LogP contribution < -0.4 is 15.5 Å². The van der Waals surface area contributed by atoms with E-state index in [4.69, 9.17) is 9.15 Å². The molecule has 0 bridgehead atoms. The van der Waals surface area contributed by atoms with Gasteiger partial charge >= 0.3 is 0 Å². The Kier molecular flexibility index (Phi) is 5.19. The van der Waals surface area contributed by atoms with Crippen LogP contribution in [0, 0.1) is 0 Å². The Morgan fingerprint density at radius 3 is 2.44 bits per heavy atom. The molecule has 3 aromatic rings. The van der Waals surface area contributed by atoms with Crippen molar-refractivity contribution in [2.75, 3.05) is 13.7 Å². The molecule has 0 spiro atoms. The molecular weight excluding hydrogens is 314 g/mol. The van der Waals surface area contributed by atoms with Crippen molar-refractivity contribution in [3.63, 3.8) is 0 Å². The molecule has 4 nitrogen and oxygen atoms in total. The third kappa shape index (κ3) is 3.17. The molecule has 3 rings (SSSR count). The maximum atomic E-state index is 13.1. The van der Waals surface area contributed by atoms with Crippen molar-refractivity contribution in [1.82, 2.24) is 5.32 Å². The fraction of sp³-hybridized carbons (Fsp3) is 0.286. The average molecular weight is 337 g/mol. The first-order valence-electron chi connectivity index (χ1n) is 8.62. The summed E-state index contributed by atoms with van der Waals surface area (Å²) in [6.07, 6.45) is 0.622. The Hall–Kier alpha value is -2.59. The van der Waals surface area contributed by atoms with Crippen LogP contribution in [0.4, 0.5) is 0 Å². The molecule has 0 saturated heterocycles. The molecule has 0 aliphatic carbocycles. The predicted molar refractivity (Wildman–Crippen MR) is 101 cm³/mol. The number of nitrogens with one attached hydrogen (secondary N) is 1. The maximum Gasteiger partial charge on any atom is 0.196 e. The summed E-state index contributed by atoms with van der Waals surface area (Å²) in [7, 11) is 1.63. The predicted octanol–water partition coefficient (Wildman–Crippen LogP) is 4.14. The zero-order valence-electron chi connectivity index (χ0n) is 14.9. The van der Waals surface area contributed by atoms with Crippen molar-refractivity contribution in [3.8, 4) is 17.1 Å². The minimum Gasteiger partial charge on any atom is -0.496 e. The van der Waals surface area contributed by atoms with Gasteiger partial charge in [0.1, 0.15) is 17.1 Å². The van der Waals surface area contributed by atoms with Crippen molar-refractivity contribution in [2.45, 2.75) is 26.8 Å². The van der Waals surface area contributed by atoms with Crippen molar-refractivity contribution in [2.24, 2.45) is 0 Å². The molecule has 0 radical (unpaired) electrons. The van der Waals surface area contributed by atoms with Gasteiger partial charge in [-0.2, -0.15) is 0 Å². The van der Waals surface area contributed by atoms with Crippen LogP contribution in [0.5, 0.6) is 5.75 Å². The second-order valence-electron chi connectivity index (χ2n) is 5.86. The van der Waals surface area contributed by atoms with Gasteiger partial charge in [-0.15, -0.1) is 0 Å². The van der Waals surface area contributed by atoms with Gasteiger partial charge in [-0.25, -0.2) is 0 Å². The van der Waals surface area contributed by atoms with Gasteiger partial charge in [0.25, 0.3) is 0 Å². The van der Waals surface area contributed by atoms with Gasteiger partial charge in [0.2, 0.25) is 0 Å². The summed E-state index contributed by atoms with van der Waals surface area (Å²) in [6, 6.07) is 13.4. The Morgan fingerprint density at radius 2 is 1.80 bits per heavy atom. The third-order valence-corrected chi connectivity index (χ3v) is 4.38. The van der Waals surface area contributed by atoms with Gasteiger partial charge < -0.3 is 14.5 Å². The third-order valence-electron chi connectivity index (χ3n) is 4.38. The lowest BCUT2D eigenvalue weighted by atomic mass is 10.0. The van der Waals surface area contributed by atoms with E-state index in [-0.39, 0.29) is 5.43 Å². The highest BCUT2D eigenvalue weighted by Crippen LogP contribution is 2.32. The van der Waals surface area contributed by atoms with Crippen LogP contribution in [-0.4, -0.2) is 13.7 Å². The summed E-state index contributed by atoms with van der Waals surface area (Å²) in [6.45, 7) is 5.42. The van der Waals surface area contributed by atoms with Crippen molar-refractivity contribution in [3.05, 3.63) is 63.8 Å². The number of benzene rings is 2. The Labute approximate surface area is 147 Å². The Balaban J connectivity index is 2.35. The van der Waals surface area contributed by atoms with E-state index < -0.39 is 0 Å². The summed E-state index contributed by atoms with van der Waals surface area (Å²) >= 11 is 0. The van der Waals surface area contributed by atoms with Gasteiger partial charge in [-0.3, -0.25) is 4.79 Å². The van der Waals surface area contributed by atoms with Gasteiger partial charge in [0.15, 0.2) is 5.43 Å². The van der Waals surface area contributed by atoms with E-state index in [9.17, 15) is 4.79 Å². The second kappa shape index (κ2) is 7.53. The molecule has 0 unspecified atom stereocenters. The second-order valence-corrected chi connectivity index (χ2v) is 5.86. The molecule has 130 valence electrons. The molecule has 1 aromatic heterocycles. The minimum absolute atomic E-state index is 0.0306. The first-order chi connectivity index (χ1) is 12.2. The SMILES string of the molecule is CCNCc1c(OC)ccc2c(=O)c(CC)c(-c3ccccc3)oc12. The lowest BCUT2D eigenvalue weighted by Gasteiger charge is -2.14. The molecule has 0 aliphatic heterocycles. The van der Waals surface area contributed by atoms with E-state index >= 15 is 0 Å². The molecule has 1 heterocycles. The van der Waals surface area contributed by atoms with Crippen molar-refractivity contribution >= 4 is 11.0 Å². The zero-order chi connectivity index (χ0) is 17.8. The molecule has 0 atom stereocenters. The molecule has 0 aliphatic rings. The highest BCUT2D eigenvalue weighted by Gasteiger charge is 2.18.